The Morgan fingerprint density at radius 1 is 1.50 bits per heavy atom. The number of carbonyl (C=O) groups excluding carboxylic acids is 1. The highest BCUT2D eigenvalue weighted by atomic mass is 16.5. The van der Waals surface area contributed by atoms with Gasteiger partial charge < -0.3 is 9.14 Å². The molecule has 0 radical (unpaired) electrons. The van der Waals surface area contributed by atoms with Crippen molar-refractivity contribution in [1.82, 2.24) is 14.3 Å². The predicted molar refractivity (Wildman–Crippen MR) is 85.1 cm³/mol. The summed E-state index contributed by atoms with van der Waals surface area (Å²) in [6, 6.07) is 4.76. The Morgan fingerprint density at radius 3 is 3.05 bits per heavy atom. The maximum atomic E-state index is 11.6. The molecule has 22 heavy (non-hydrogen) atoms. The smallest absolute Gasteiger partial charge is 0.337 e. The van der Waals surface area contributed by atoms with Crippen LogP contribution in [0.25, 0.3) is 5.52 Å². The molecule has 0 bridgehead atoms. The van der Waals surface area contributed by atoms with Crippen molar-refractivity contribution in [3.05, 3.63) is 35.9 Å². The van der Waals surface area contributed by atoms with E-state index < -0.39 is 0 Å². The van der Waals surface area contributed by atoms with Gasteiger partial charge in [-0.05, 0) is 45.4 Å². The highest BCUT2D eigenvalue weighted by Gasteiger charge is 2.27. The SMILES string of the molecule is COC(=O)c1ccn2c(CC3CCCN3C(C)C)ncc2c1. The molecule has 1 unspecified atom stereocenters. The van der Waals surface area contributed by atoms with E-state index in [0.717, 1.165) is 17.8 Å². The molecule has 5 heteroatoms. The lowest BCUT2D eigenvalue weighted by molar-refractivity contribution is 0.0600. The minimum absolute atomic E-state index is 0.313. The Bertz CT molecular complexity index is 678. The number of likely N-dealkylation sites (tertiary alicyclic amines) is 1. The molecule has 1 atom stereocenters. The maximum Gasteiger partial charge on any atom is 0.337 e. The van der Waals surface area contributed by atoms with Crippen LogP contribution in [-0.4, -0.2) is 46.0 Å². The molecule has 1 aliphatic heterocycles. The zero-order valence-electron chi connectivity index (χ0n) is 13.5. The summed E-state index contributed by atoms with van der Waals surface area (Å²) < 4.78 is 6.84. The second-order valence-corrected chi connectivity index (χ2v) is 6.21. The number of hydrogen-bond acceptors (Lipinski definition) is 4. The lowest BCUT2D eigenvalue weighted by Gasteiger charge is -2.27. The zero-order chi connectivity index (χ0) is 15.7. The van der Waals surface area contributed by atoms with Gasteiger partial charge in [0.2, 0.25) is 0 Å². The molecule has 0 amide bonds. The molecule has 3 heterocycles. The number of aromatic nitrogens is 2. The predicted octanol–water partition coefficient (Wildman–Crippen LogP) is 2.54. The maximum absolute atomic E-state index is 11.6. The summed E-state index contributed by atoms with van der Waals surface area (Å²) in [5.74, 6) is 0.746. The van der Waals surface area contributed by atoms with Crippen LogP contribution in [0.5, 0.6) is 0 Å². The van der Waals surface area contributed by atoms with E-state index in [4.69, 9.17) is 4.74 Å². The number of rotatable bonds is 4. The molecule has 0 N–H and O–H groups in total. The average molecular weight is 301 g/mol. The largest absolute Gasteiger partial charge is 0.465 e. The Balaban J connectivity index is 1.84. The first-order chi connectivity index (χ1) is 10.6. The van der Waals surface area contributed by atoms with Gasteiger partial charge in [-0.3, -0.25) is 4.90 Å². The van der Waals surface area contributed by atoms with Crippen LogP contribution >= 0.6 is 0 Å². The molecule has 0 spiro atoms. The van der Waals surface area contributed by atoms with Crippen LogP contribution in [0.3, 0.4) is 0 Å². The third-order valence-electron chi connectivity index (χ3n) is 4.53. The summed E-state index contributed by atoms with van der Waals surface area (Å²) in [5, 5.41) is 0. The number of imidazole rings is 1. The topological polar surface area (TPSA) is 46.8 Å². The molecule has 1 saturated heterocycles. The molecule has 1 aliphatic rings. The van der Waals surface area contributed by atoms with Crippen LogP contribution in [0.2, 0.25) is 0 Å². The monoisotopic (exact) mass is 301 g/mol. The summed E-state index contributed by atoms with van der Waals surface area (Å²) >= 11 is 0. The van der Waals surface area contributed by atoms with Crippen molar-refractivity contribution in [2.75, 3.05) is 13.7 Å². The molecule has 0 aromatic carbocycles. The second-order valence-electron chi connectivity index (χ2n) is 6.21. The van der Waals surface area contributed by atoms with E-state index in [1.165, 1.54) is 26.5 Å². The molecule has 3 rings (SSSR count). The van der Waals surface area contributed by atoms with Gasteiger partial charge in [0, 0.05) is 24.7 Å². The van der Waals surface area contributed by atoms with Gasteiger partial charge in [0.15, 0.2) is 0 Å². The third-order valence-corrected chi connectivity index (χ3v) is 4.53. The van der Waals surface area contributed by atoms with Gasteiger partial charge in [-0.25, -0.2) is 9.78 Å². The van der Waals surface area contributed by atoms with Gasteiger partial charge in [-0.1, -0.05) is 0 Å². The summed E-state index contributed by atoms with van der Waals surface area (Å²) in [4.78, 5) is 18.7. The minimum Gasteiger partial charge on any atom is -0.465 e. The van der Waals surface area contributed by atoms with Gasteiger partial charge in [0.05, 0.1) is 24.4 Å². The van der Waals surface area contributed by atoms with E-state index in [9.17, 15) is 4.79 Å². The van der Waals surface area contributed by atoms with Gasteiger partial charge in [0.25, 0.3) is 0 Å². The normalized spacial score (nSPS) is 19.2. The number of hydrogen-bond donors (Lipinski definition) is 0. The van der Waals surface area contributed by atoms with E-state index in [0.29, 0.717) is 17.6 Å². The fourth-order valence-corrected chi connectivity index (χ4v) is 3.42. The van der Waals surface area contributed by atoms with Crippen LogP contribution in [0, 0.1) is 0 Å². The first-order valence-corrected chi connectivity index (χ1v) is 7.90. The molecule has 5 nitrogen and oxygen atoms in total. The van der Waals surface area contributed by atoms with Crippen molar-refractivity contribution in [3.8, 4) is 0 Å². The van der Waals surface area contributed by atoms with E-state index >= 15 is 0 Å². The summed E-state index contributed by atoms with van der Waals surface area (Å²) in [6.07, 6.45) is 7.19. The standard InChI is InChI=1S/C17H23N3O2/c1-12(2)19-7-4-5-14(19)10-16-18-11-15-9-13(17(21)22-3)6-8-20(15)16/h6,8-9,11-12,14H,4-5,7,10H2,1-3H3. The van der Waals surface area contributed by atoms with Crippen LogP contribution in [0.4, 0.5) is 0 Å². The van der Waals surface area contributed by atoms with Crippen molar-refractivity contribution < 1.29 is 9.53 Å². The van der Waals surface area contributed by atoms with Crippen LogP contribution < -0.4 is 0 Å². The fraction of sp³-hybridized carbons (Fsp3) is 0.529. The molecular weight excluding hydrogens is 278 g/mol. The lowest BCUT2D eigenvalue weighted by Crippen LogP contribution is -2.37. The Labute approximate surface area is 130 Å². The van der Waals surface area contributed by atoms with Crippen molar-refractivity contribution in [3.63, 3.8) is 0 Å². The highest BCUT2D eigenvalue weighted by Crippen LogP contribution is 2.23. The number of ether oxygens (including phenoxy) is 1. The number of carbonyl (C=O) groups is 1. The van der Waals surface area contributed by atoms with Gasteiger partial charge in [0.1, 0.15) is 5.82 Å². The molecule has 118 valence electrons. The van der Waals surface area contributed by atoms with Gasteiger partial charge >= 0.3 is 5.97 Å². The van der Waals surface area contributed by atoms with E-state index in [2.05, 4.69) is 28.1 Å². The number of methoxy groups -OCH3 is 1. The fourth-order valence-electron chi connectivity index (χ4n) is 3.42. The average Bonchev–Trinajstić information content (AvgIpc) is 3.13. The van der Waals surface area contributed by atoms with Crippen LogP contribution in [-0.2, 0) is 11.2 Å². The van der Waals surface area contributed by atoms with Crippen LogP contribution in [0.15, 0.2) is 24.5 Å². The van der Waals surface area contributed by atoms with Gasteiger partial charge in [-0.15, -0.1) is 0 Å². The Kier molecular flexibility index (Phi) is 4.16. The van der Waals surface area contributed by atoms with Crippen molar-refractivity contribution in [2.45, 2.75) is 45.2 Å². The molecule has 1 fully saturated rings. The quantitative estimate of drug-likeness (QED) is 0.814. The zero-order valence-corrected chi connectivity index (χ0v) is 13.5. The molecule has 2 aromatic rings. The van der Waals surface area contributed by atoms with Crippen LogP contribution in [0.1, 0.15) is 42.9 Å². The summed E-state index contributed by atoms with van der Waals surface area (Å²) in [7, 11) is 1.40. The number of pyridine rings is 1. The van der Waals surface area contributed by atoms with Gasteiger partial charge in [-0.2, -0.15) is 0 Å². The lowest BCUT2D eigenvalue weighted by atomic mass is 10.1. The first-order valence-electron chi connectivity index (χ1n) is 7.90. The second kappa shape index (κ2) is 6.08. The highest BCUT2D eigenvalue weighted by molar-refractivity contribution is 5.90. The van der Waals surface area contributed by atoms with E-state index in [-0.39, 0.29) is 5.97 Å². The minimum atomic E-state index is -0.313. The number of fused-ring (bicyclic) bond motifs is 1. The Hall–Kier alpha value is -1.88. The first kappa shape index (κ1) is 15.0. The summed E-state index contributed by atoms with van der Waals surface area (Å²) in [6.45, 7) is 5.69. The summed E-state index contributed by atoms with van der Waals surface area (Å²) in [5.41, 5.74) is 1.50. The molecular formula is C17H23N3O2. The molecule has 0 aliphatic carbocycles. The third kappa shape index (κ3) is 2.73. The molecule has 2 aromatic heterocycles. The molecule has 0 saturated carbocycles. The van der Waals surface area contributed by atoms with Crippen molar-refractivity contribution >= 4 is 11.5 Å². The van der Waals surface area contributed by atoms with Crippen molar-refractivity contribution in [1.29, 1.82) is 0 Å². The number of nitrogens with zero attached hydrogens (tertiary/aromatic N) is 3. The Morgan fingerprint density at radius 2 is 2.32 bits per heavy atom. The van der Waals surface area contributed by atoms with E-state index in [1.807, 2.05) is 18.5 Å². The van der Waals surface area contributed by atoms with E-state index in [1.54, 1.807) is 6.07 Å². The van der Waals surface area contributed by atoms with Crippen molar-refractivity contribution in [2.24, 2.45) is 0 Å². The number of esters is 1.